The van der Waals surface area contributed by atoms with Gasteiger partial charge in [-0.25, -0.2) is 4.79 Å². The maximum absolute atomic E-state index is 12.3. The predicted molar refractivity (Wildman–Crippen MR) is 99.4 cm³/mol. The van der Waals surface area contributed by atoms with Crippen LogP contribution in [-0.2, 0) is 20.7 Å². The minimum atomic E-state index is -1.26. The molecule has 0 aliphatic heterocycles. The van der Waals surface area contributed by atoms with Crippen LogP contribution in [0.25, 0.3) is 0 Å². The molecule has 0 aliphatic rings. The van der Waals surface area contributed by atoms with Crippen molar-refractivity contribution < 1.29 is 24.5 Å². The lowest BCUT2D eigenvalue weighted by molar-refractivity contribution is -0.155. The Kier molecular flexibility index (Phi) is 9.91. The summed E-state index contributed by atoms with van der Waals surface area (Å²) in [6, 6.07) is 8.78. The maximum atomic E-state index is 12.3. The number of benzene rings is 1. The Hall–Kier alpha value is -1.92. The molecule has 6 nitrogen and oxygen atoms in total. The summed E-state index contributed by atoms with van der Waals surface area (Å²) in [5, 5.41) is 20.9. The lowest BCUT2D eigenvalue weighted by Gasteiger charge is -2.23. The van der Waals surface area contributed by atoms with Gasteiger partial charge < -0.3 is 20.3 Å². The van der Waals surface area contributed by atoms with Crippen LogP contribution in [0, 0.1) is 5.92 Å². The Bertz CT molecular complexity index is 544. The van der Waals surface area contributed by atoms with Crippen LogP contribution < -0.4 is 5.32 Å². The molecular weight excluding hydrogens is 334 g/mol. The van der Waals surface area contributed by atoms with Crippen molar-refractivity contribution in [2.24, 2.45) is 5.92 Å². The summed E-state index contributed by atoms with van der Waals surface area (Å²) in [6.07, 6.45) is 1.54. The summed E-state index contributed by atoms with van der Waals surface area (Å²) < 4.78 is 5.56. The van der Waals surface area contributed by atoms with Crippen molar-refractivity contribution in [3.8, 4) is 0 Å². The van der Waals surface area contributed by atoms with Gasteiger partial charge in [0, 0.05) is 0 Å². The van der Waals surface area contributed by atoms with Gasteiger partial charge in [0.05, 0.1) is 6.61 Å². The van der Waals surface area contributed by atoms with E-state index in [9.17, 15) is 19.8 Å². The minimum absolute atomic E-state index is 0.289. The van der Waals surface area contributed by atoms with Gasteiger partial charge in [0.15, 0.2) is 6.04 Å². The number of nitrogens with one attached hydrogen (secondary N) is 1. The third-order valence-electron chi connectivity index (χ3n) is 4.11. The predicted octanol–water partition coefficient (Wildman–Crippen LogP) is 1.83. The number of aliphatic hydroxyl groups excluding tert-OH is 2. The Labute approximate surface area is 155 Å². The molecule has 26 heavy (non-hydrogen) atoms. The number of carbonyl (C=O) groups excluding carboxylic acids is 2. The highest BCUT2D eigenvalue weighted by Gasteiger charge is 2.26. The van der Waals surface area contributed by atoms with Crippen LogP contribution in [0.1, 0.15) is 45.6 Å². The number of amides is 1. The molecule has 3 atom stereocenters. The molecule has 0 aliphatic carbocycles. The van der Waals surface area contributed by atoms with Gasteiger partial charge in [0.25, 0.3) is 0 Å². The van der Waals surface area contributed by atoms with E-state index in [1.807, 2.05) is 30.3 Å². The molecule has 0 bridgehead atoms. The second-order valence-corrected chi connectivity index (χ2v) is 6.97. The monoisotopic (exact) mass is 365 g/mol. The summed E-state index contributed by atoms with van der Waals surface area (Å²) in [7, 11) is 0. The van der Waals surface area contributed by atoms with Gasteiger partial charge in [0.2, 0.25) is 5.91 Å². The van der Waals surface area contributed by atoms with E-state index in [4.69, 9.17) is 4.74 Å². The number of aliphatic hydroxyl groups is 2. The zero-order chi connectivity index (χ0) is 19.5. The molecule has 1 aromatic rings. The summed E-state index contributed by atoms with van der Waals surface area (Å²) in [5.41, 5.74) is 1.17. The number of rotatable bonds is 11. The highest BCUT2D eigenvalue weighted by Crippen LogP contribution is 2.16. The highest BCUT2D eigenvalue weighted by molar-refractivity contribution is 5.86. The largest absolute Gasteiger partial charge is 0.461 e. The number of ether oxygens (including phenoxy) is 1. The standard InChI is InChI=1S/C20H31NO5/c1-14(2)9-11-17(12-10-16-7-5-4-6-8-16)26-20(25)18(13-22)21-19(24)15(3)23/h4-8,14-15,17-18,22-23H,9-13H2,1-3H3,(H,21,24)/t15?,17-,18?/m1/s1. The fourth-order valence-corrected chi connectivity index (χ4v) is 2.47. The second-order valence-electron chi connectivity index (χ2n) is 6.97. The van der Waals surface area contributed by atoms with Gasteiger partial charge in [-0.15, -0.1) is 0 Å². The topological polar surface area (TPSA) is 95.9 Å². The summed E-state index contributed by atoms with van der Waals surface area (Å²) in [4.78, 5) is 23.9. The van der Waals surface area contributed by atoms with Crippen LogP contribution in [0.3, 0.4) is 0 Å². The Morgan fingerprint density at radius 2 is 1.73 bits per heavy atom. The van der Waals surface area contributed by atoms with E-state index in [2.05, 4.69) is 19.2 Å². The molecule has 1 rings (SSSR count). The van der Waals surface area contributed by atoms with Gasteiger partial charge in [-0.3, -0.25) is 4.79 Å². The Balaban J connectivity index is 2.66. The molecule has 0 heterocycles. The highest BCUT2D eigenvalue weighted by atomic mass is 16.5. The summed E-state index contributed by atoms with van der Waals surface area (Å²) in [5.74, 6) is -0.913. The second kappa shape index (κ2) is 11.6. The molecular formula is C20H31NO5. The summed E-state index contributed by atoms with van der Waals surface area (Å²) in [6.45, 7) is 4.93. The van der Waals surface area contributed by atoms with Crippen molar-refractivity contribution in [1.29, 1.82) is 0 Å². The van der Waals surface area contributed by atoms with Gasteiger partial charge in [-0.1, -0.05) is 44.2 Å². The first-order valence-electron chi connectivity index (χ1n) is 9.17. The molecule has 1 amide bonds. The lowest BCUT2D eigenvalue weighted by Crippen LogP contribution is -2.48. The van der Waals surface area contributed by atoms with E-state index in [1.54, 1.807) is 0 Å². The smallest absolute Gasteiger partial charge is 0.331 e. The number of hydrogen-bond acceptors (Lipinski definition) is 5. The molecule has 0 spiro atoms. The van der Waals surface area contributed by atoms with Crippen LogP contribution in [-0.4, -0.2) is 46.9 Å². The van der Waals surface area contributed by atoms with Crippen LogP contribution in [0.15, 0.2) is 30.3 Å². The van der Waals surface area contributed by atoms with Gasteiger partial charge >= 0.3 is 5.97 Å². The SMILES string of the molecule is CC(C)CC[C@H](CCc1ccccc1)OC(=O)C(CO)NC(=O)C(C)O. The van der Waals surface area contributed by atoms with Crippen molar-refractivity contribution in [2.45, 2.75) is 64.7 Å². The average molecular weight is 365 g/mol. The number of carbonyl (C=O) groups is 2. The first kappa shape index (κ1) is 22.1. The average Bonchev–Trinajstić information content (AvgIpc) is 2.62. The number of esters is 1. The third kappa shape index (κ3) is 8.45. The molecule has 0 fully saturated rings. The van der Waals surface area contributed by atoms with Crippen LogP contribution in [0.5, 0.6) is 0 Å². The molecule has 0 aromatic heterocycles. The van der Waals surface area contributed by atoms with Crippen molar-refractivity contribution >= 4 is 11.9 Å². The maximum Gasteiger partial charge on any atom is 0.331 e. The zero-order valence-corrected chi connectivity index (χ0v) is 15.9. The van der Waals surface area contributed by atoms with E-state index in [0.717, 1.165) is 19.3 Å². The number of hydrogen-bond donors (Lipinski definition) is 3. The van der Waals surface area contributed by atoms with Gasteiger partial charge in [0.1, 0.15) is 12.2 Å². The van der Waals surface area contributed by atoms with Crippen LogP contribution in [0.4, 0.5) is 0 Å². The first-order valence-corrected chi connectivity index (χ1v) is 9.17. The molecule has 0 radical (unpaired) electrons. The molecule has 2 unspecified atom stereocenters. The third-order valence-corrected chi connectivity index (χ3v) is 4.11. The zero-order valence-electron chi connectivity index (χ0n) is 15.9. The summed E-state index contributed by atoms with van der Waals surface area (Å²) >= 11 is 0. The normalized spacial score (nSPS) is 14.5. The molecule has 146 valence electrons. The van der Waals surface area contributed by atoms with Gasteiger partial charge in [-0.05, 0) is 44.1 Å². The molecule has 1 aromatic carbocycles. The van der Waals surface area contributed by atoms with E-state index in [0.29, 0.717) is 12.3 Å². The first-order chi connectivity index (χ1) is 12.3. The van der Waals surface area contributed by atoms with Crippen molar-refractivity contribution in [3.05, 3.63) is 35.9 Å². The fraction of sp³-hybridized carbons (Fsp3) is 0.600. The van der Waals surface area contributed by atoms with Crippen molar-refractivity contribution in [2.75, 3.05) is 6.61 Å². The van der Waals surface area contributed by atoms with Crippen LogP contribution >= 0.6 is 0 Å². The Morgan fingerprint density at radius 1 is 1.08 bits per heavy atom. The van der Waals surface area contributed by atoms with E-state index < -0.39 is 30.6 Å². The fourth-order valence-electron chi connectivity index (χ4n) is 2.47. The van der Waals surface area contributed by atoms with E-state index in [-0.39, 0.29) is 6.10 Å². The lowest BCUT2D eigenvalue weighted by atomic mass is 9.99. The molecule has 0 saturated carbocycles. The van der Waals surface area contributed by atoms with Crippen molar-refractivity contribution in [1.82, 2.24) is 5.32 Å². The van der Waals surface area contributed by atoms with Gasteiger partial charge in [-0.2, -0.15) is 0 Å². The minimum Gasteiger partial charge on any atom is -0.461 e. The number of aryl methyl sites for hydroxylation is 1. The quantitative estimate of drug-likeness (QED) is 0.520. The van der Waals surface area contributed by atoms with E-state index in [1.165, 1.54) is 12.5 Å². The van der Waals surface area contributed by atoms with Crippen LogP contribution in [0.2, 0.25) is 0 Å². The molecule has 3 N–H and O–H groups in total. The van der Waals surface area contributed by atoms with E-state index >= 15 is 0 Å². The molecule has 0 saturated heterocycles. The Morgan fingerprint density at radius 3 is 2.27 bits per heavy atom. The molecule has 6 heteroatoms. The van der Waals surface area contributed by atoms with Crippen molar-refractivity contribution in [3.63, 3.8) is 0 Å².